The highest BCUT2D eigenvalue weighted by Crippen LogP contribution is 2.28. The van der Waals surface area contributed by atoms with E-state index < -0.39 is 6.10 Å². The second-order valence-corrected chi connectivity index (χ2v) is 5.91. The summed E-state index contributed by atoms with van der Waals surface area (Å²) in [6.07, 6.45) is 4.28. The minimum absolute atomic E-state index is 0.159. The number of rotatable bonds is 7. The van der Waals surface area contributed by atoms with Gasteiger partial charge in [-0.2, -0.15) is 0 Å². The highest BCUT2D eigenvalue weighted by molar-refractivity contribution is 5.16. The second kappa shape index (κ2) is 7.16. The molecule has 2 N–H and O–H groups in total. The van der Waals surface area contributed by atoms with Crippen molar-refractivity contribution in [3.8, 4) is 0 Å². The average Bonchev–Trinajstić information content (AvgIpc) is 2.86. The molecule has 4 heteroatoms. The van der Waals surface area contributed by atoms with Crippen molar-refractivity contribution in [3.05, 3.63) is 35.6 Å². The van der Waals surface area contributed by atoms with Crippen LogP contribution >= 0.6 is 0 Å². The van der Waals surface area contributed by atoms with Crippen LogP contribution in [0.25, 0.3) is 0 Å². The first-order chi connectivity index (χ1) is 9.59. The van der Waals surface area contributed by atoms with E-state index in [0.717, 1.165) is 12.8 Å². The molecule has 0 amide bonds. The molecule has 1 aliphatic rings. The summed E-state index contributed by atoms with van der Waals surface area (Å²) < 4.78 is 18.7. The highest BCUT2D eigenvalue weighted by atomic mass is 19.1. The predicted molar refractivity (Wildman–Crippen MR) is 76.9 cm³/mol. The van der Waals surface area contributed by atoms with Crippen molar-refractivity contribution < 1.29 is 14.2 Å². The minimum atomic E-state index is -0.556. The van der Waals surface area contributed by atoms with Gasteiger partial charge < -0.3 is 15.2 Å². The fourth-order valence-corrected chi connectivity index (χ4v) is 2.68. The zero-order chi connectivity index (χ0) is 14.4. The van der Waals surface area contributed by atoms with Crippen LogP contribution in [0.4, 0.5) is 4.39 Å². The van der Waals surface area contributed by atoms with Gasteiger partial charge in [0.2, 0.25) is 0 Å². The Morgan fingerprint density at radius 3 is 2.75 bits per heavy atom. The number of β-amino-alcohol motifs (C(OH)–C–C–N with tert-alkyl or cyclic N) is 1. The Morgan fingerprint density at radius 1 is 1.35 bits per heavy atom. The van der Waals surface area contributed by atoms with Gasteiger partial charge in [0.05, 0.1) is 19.3 Å². The Bertz CT molecular complexity index is 419. The first kappa shape index (κ1) is 15.4. The summed E-state index contributed by atoms with van der Waals surface area (Å²) in [5, 5.41) is 13.3. The molecule has 0 heterocycles. The molecule has 1 atom stereocenters. The molecule has 1 saturated carbocycles. The SMILES string of the molecule is CC1(NCC(O)COCc2ccccc2F)CCCC1. The Morgan fingerprint density at radius 2 is 2.05 bits per heavy atom. The van der Waals surface area contributed by atoms with E-state index in [1.807, 2.05) is 0 Å². The Balaban J connectivity index is 1.65. The van der Waals surface area contributed by atoms with Crippen molar-refractivity contribution in [1.29, 1.82) is 0 Å². The van der Waals surface area contributed by atoms with Crippen molar-refractivity contribution >= 4 is 0 Å². The summed E-state index contributed by atoms with van der Waals surface area (Å²) in [5.74, 6) is -0.265. The third-order valence-electron chi connectivity index (χ3n) is 4.00. The van der Waals surface area contributed by atoms with Gasteiger partial charge in [-0.05, 0) is 25.8 Å². The number of hydrogen-bond acceptors (Lipinski definition) is 3. The van der Waals surface area contributed by atoms with Gasteiger partial charge in [-0.1, -0.05) is 31.0 Å². The van der Waals surface area contributed by atoms with E-state index in [-0.39, 0.29) is 24.6 Å². The van der Waals surface area contributed by atoms with E-state index >= 15 is 0 Å². The summed E-state index contributed by atoms with van der Waals surface area (Å²) in [5.41, 5.74) is 0.683. The molecular weight excluding hydrogens is 257 g/mol. The smallest absolute Gasteiger partial charge is 0.128 e. The number of hydrogen-bond donors (Lipinski definition) is 2. The third kappa shape index (κ3) is 4.54. The van der Waals surface area contributed by atoms with Gasteiger partial charge in [0.1, 0.15) is 5.82 Å². The lowest BCUT2D eigenvalue weighted by Gasteiger charge is -2.27. The molecule has 0 saturated heterocycles. The van der Waals surface area contributed by atoms with E-state index in [2.05, 4.69) is 12.2 Å². The average molecular weight is 281 g/mol. The van der Waals surface area contributed by atoms with Gasteiger partial charge in [0.15, 0.2) is 0 Å². The quantitative estimate of drug-likeness (QED) is 0.807. The normalized spacial score (nSPS) is 19.1. The molecule has 1 unspecified atom stereocenters. The van der Waals surface area contributed by atoms with Crippen LogP contribution in [0, 0.1) is 5.82 Å². The van der Waals surface area contributed by atoms with Crippen LogP contribution in [0.3, 0.4) is 0 Å². The largest absolute Gasteiger partial charge is 0.389 e. The van der Waals surface area contributed by atoms with Gasteiger partial charge >= 0.3 is 0 Å². The summed E-state index contributed by atoms with van der Waals surface area (Å²) in [6.45, 7) is 3.14. The van der Waals surface area contributed by atoms with Crippen molar-refractivity contribution in [3.63, 3.8) is 0 Å². The highest BCUT2D eigenvalue weighted by Gasteiger charge is 2.28. The number of halogens is 1. The molecule has 1 aliphatic carbocycles. The first-order valence-electron chi connectivity index (χ1n) is 7.33. The van der Waals surface area contributed by atoms with Crippen LogP contribution in [0.15, 0.2) is 24.3 Å². The van der Waals surface area contributed by atoms with E-state index in [9.17, 15) is 9.50 Å². The fourth-order valence-electron chi connectivity index (χ4n) is 2.68. The molecule has 0 bridgehead atoms. The maximum atomic E-state index is 13.4. The van der Waals surface area contributed by atoms with Gasteiger partial charge in [0, 0.05) is 17.6 Å². The van der Waals surface area contributed by atoms with Crippen molar-refractivity contribution in [2.45, 2.75) is 50.9 Å². The van der Waals surface area contributed by atoms with Crippen LogP contribution in [-0.4, -0.2) is 29.9 Å². The van der Waals surface area contributed by atoms with E-state index in [4.69, 9.17) is 4.74 Å². The van der Waals surface area contributed by atoms with Crippen molar-refractivity contribution in [1.82, 2.24) is 5.32 Å². The lowest BCUT2D eigenvalue weighted by molar-refractivity contribution is 0.0244. The van der Waals surface area contributed by atoms with E-state index in [1.165, 1.54) is 18.9 Å². The predicted octanol–water partition coefficient (Wildman–Crippen LogP) is 2.63. The van der Waals surface area contributed by atoms with Gasteiger partial charge in [0.25, 0.3) is 0 Å². The number of aliphatic hydroxyl groups excluding tert-OH is 1. The number of aliphatic hydroxyl groups is 1. The molecule has 20 heavy (non-hydrogen) atoms. The molecule has 1 aromatic carbocycles. The van der Waals surface area contributed by atoms with Crippen LogP contribution in [-0.2, 0) is 11.3 Å². The molecule has 0 spiro atoms. The van der Waals surface area contributed by atoms with Crippen LogP contribution in [0.1, 0.15) is 38.2 Å². The maximum Gasteiger partial charge on any atom is 0.128 e. The maximum absolute atomic E-state index is 13.4. The minimum Gasteiger partial charge on any atom is -0.389 e. The molecule has 112 valence electrons. The molecular formula is C16H24FNO2. The summed E-state index contributed by atoms with van der Waals surface area (Å²) in [6, 6.07) is 6.54. The molecule has 3 nitrogen and oxygen atoms in total. The molecule has 0 radical (unpaired) electrons. The number of benzene rings is 1. The number of nitrogens with one attached hydrogen (secondary N) is 1. The van der Waals surface area contributed by atoms with Gasteiger partial charge in [-0.25, -0.2) is 4.39 Å². The summed E-state index contributed by atoms with van der Waals surface area (Å²) >= 11 is 0. The second-order valence-electron chi connectivity index (χ2n) is 5.91. The zero-order valence-corrected chi connectivity index (χ0v) is 12.1. The van der Waals surface area contributed by atoms with Crippen molar-refractivity contribution in [2.24, 2.45) is 0 Å². The lowest BCUT2D eigenvalue weighted by atomic mass is 10.0. The summed E-state index contributed by atoms with van der Waals surface area (Å²) in [7, 11) is 0. The Labute approximate surface area is 120 Å². The number of ether oxygens (including phenoxy) is 1. The standard InChI is InChI=1S/C16H24FNO2/c1-16(8-4-5-9-16)18-10-14(19)12-20-11-13-6-2-3-7-15(13)17/h2-3,6-7,14,18-19H,4-5,8-12H2,1H3. The fraction of sp³-hybridized carbons (Fsp3) is 0.625. The zero-order valence-electron chi connectivity index (χ0n) is 12.1. The summed E-state index contributed by atoms with van der Waals surface area (Å²) in [4.78, 5) is 0. The monoisotopic (exact) mass is 281 g/mol. The van der Waals surface area contributed by atoms with Gasteiger partial charge in [-0.15, -0.1) is 0 Å². The van der Waals surface area contributed by atoms with E-state index in [0.29, 0.717) is 12.1 Å². The molecule has 1 aromatic rings. The molecule has 0 aromatic heterocycles. The van der Waals surface area contributed by atoms with Crippen LogP contribution in [0.2, 0.25) is 0 Å². The topological polar surface area (TPSA) is 41.5 Å². The van der Waals surface area contributed by atoms with E-state index in [1.54, 1.807) is 18.2 Å². The lowest BCUT2D eigenvalue weighted by Crippen LogP contribution is -2.44. The van der Waals surface area contributed by atoms with Crippen LogP contribution in [0.5, 0.6) is 0 Å². The van der Waals surface area contributed by atoms with Crippen LogP contribution < -0.4 is 5.32 Å². The molecule has 2 rings (SSSR count). The first-order valence-corrected chi connectivity index (χ1v) is 7.33. The van der Waals surface area contributed by atoms with Crippen molar-refractivity contribution in [2.75, 3.05) is 13.2 Å². The van der Waals surface area contributed by atoms with Gasteiger partial charge in [-0.3, -0.25) is 0 Å². The Kier molecular flexibility index (Phi) is 5.52. The molecule has 1 fully saturated rings. The third-order valence-corrected chi connectivity index (χ3v) is 4.00. The Hall–Kier alpha value is -0.970. The molecule has 0 aliphatic heterocycles.